The Balaban J connectivity index is 2.69. The first-order chi connectivity index (χ1) is 8.19. The molecule has 0 saturated carbocycles. The number of hydrogen-bond acceptors (Lipinski definition) is 5. The van der Waals surface area contributed by atoms with E-state index in [2.05, 4.69) is 16.9 Å². The van der Waals surface area contributed by atoms with E-state index >= 15 is 0 Å². The van der Waals surface area contributed by atoms with Gasteiger partial charge in [0, 0.05) is 5.56 Å². The summed E-state index contributed by atoms with van der Waals surface area (Å²) >= 11 is 7.34. The highest BCUT2D eigenvalue weighted by atomic mass is 35.5. The number of carbonyl (C=O) groups is 1. The Hall–Kier alpha value is -0.810. The molecule has 1 aromatic heterocycles. The Morgan fingerprint density at radius 2 is 2.24 bits per heavy atom. The number of hydrogen-bond donors (Lipinski definition) is 0. The van der Waals surface area contributed by atoms with E-state index in [0.717, 1.165) is 23.4 Å². The molecule has 0 aliphatic rings. The molecular weight excluding hydrogens is 260 g/mol. The lowest BCUT2D eigenvalue weighted by Crippen LogP contribution is -2.07. The summed E-state index contributed by atoms with van der Waals surface area (Å²) in [5.41, 5.74) is 0.908. The second-order valence-corrected chi connectivity index (χ2v) is 4.61. The fraction of sp³-hybridized carbons (Fsp3) is 0.545. The van der Waals surface area contributed by atoms with Crippen LogP contribution in [-0.4, -0.2) is 28.3 Å². The van der Waals surface area contributed by atoms with Crippen LogP contribution in [0.1, 0.15) is 25.8 Å². The lowest BCUT2D eigenvalue weighted by atomic mass is 10.2. The van der Waals surface area contributed by atoms with Crippen molar-refractivity contribution < 1.29 is 9.53 Å². The SMILES string of the molecule is CCCc1c(Cl)ncnc1SCC(=O)OCC. The highest BCUT2D eigenvalue weighted by Gasteiger charge is 2.11. The van der Waals surface area contributed by atoms with Gasteiger partial charge in [0.25, 0.3) is 0 Å². The highest BCUT2D eigenvalue weighted by Crippen LogP contribution is 2.25. The molecule has 0 amide bonds. The van der Waals surface area contributed by atoms with E-state index in [9.17, 15) is 4.79 Å². The van der Waals surface area contributed by atoms with Crippen molar-refractivity contribution in [1.29, 1.82) is 0 Å². The summed E-state index contributed by atoms with van der Waals surface area (Å²) in [6.45, 7) is 4.24. The van der Waals surface area contributed by atoms with Gasteiger partial charge in [-0.2, -0.15) is 0 Å². The molecule has 0 bridgehead atoms. The Bertz CT molecular complexity index is 388. The number of thioether (sulfide) groups is 1. The van der Waals surface area contributed by atoms with Gasteiger partial charge < -0.3 is 4.74 Å². The molecular formula is C11H15ClN2O2S. The first-order valence-corrected chi connectivity index (χ1v) is 6.83. The molecule has 0 N–H and O–H groups in total. The van der Waals surface area contributed by atoms with Gasteiger partial charge in [0.2, 0.25) is 0 Å². The number of esters is 1. The average Bonchev–Trinajstić information content (AvgIpc) is 2.30. The van der Waals surface area contributed by atoms with Gasteiger partial charge in [-0.1, -0.05) is 36.7 Å². The van der Waals surface area contributed by atoms with Crippen molar-refractivity contribution in [1.82, 2.24) is 9.97 Å². The molecule has 0 aromatic carbocycles. The third kappa shape index (κ3) is 4.52. The van der Waals surface area contributed by atoms with Crippen molar-refractivity contribution in [3.63, 3.8) is 0 Å². The molecule has 6 heteroatoms. The Morgan fingerprint density at radius 1 is 1.47 bits per heavy atom. The molecule has 4 nitrogen and oxygen atoms in total. The molecule has 94 valence electrons. The van der Waals surface area contributed by atoms with Crippen molar-refractivity contribution >= 4 is 29.3 Å². The lowest BCUT2D eigenvalue weighted by molar-refractivity contribution is -0.139. The van der Waals surface area contributed by atoms with Gasteiger partial charge in [0.05, 0.1) is 12.4 Å². The third-order valence-corrected chi connectivity index (χ3v) is 3.32. The molecule has 1 aromatic rings. The van der Waals surface area contributed by atoms with Crippen LogP contribution in [0, 0.1) is 0 Å². The van der Waals surface area contributed by atoms with Gasteiger partial charge in [-0.15, -0.1) is 0 Å². The van der Waals surface area contributed by atoms with Crippen molar-refractivity contribution in [3.05, 3.63) is 17.0 Å². The number of nitrogens with zero attached hydrogens (tertiary/aromatic N) is 2. The second-order valence-electron chi connectivity index (χ2n) is 3.29. The smallest absolute Gasteiger partial charge is 0.316 e. The standard InChI is InChI=1S/C11H15ClN2O2S/c1-3-5-8-10(12)13-7-14-11(8)17-6-9(15)16-4-2/h7H,3-6H2,1-2H3. The summed E-state index contributed by atoms with van der Waals surface area (Å²) in [6, 6.07) is 0. The summed E-state index contributed by atoms with van der Waals surface area (Å²) in [7, 11) is 0. The fourth-order valence-electron chi connectivity index (χ4n) is 1.29. The minimum Gasteiger partial charge on any atom is -0.465 e. The van der Waals surface area contributed by atoms with E-state index in [0.29, 0.717) is 11.8 Å². The summed E-state index contributed by atoms with van der Waals surface area (Å²) < 4.78 is 4.86. The van der Waals surface area contributed by atoms with E-state index < -0.39 is 0 Å². The molecule has 0 saturated heterocycles. The second kappa shape index (κ2) is 7.50. The van der Waals surface area contributed by atoms with Gasteiger partial charge in [-0.3, -0.25) is 4.79 Å². The maximum Gasteiger partial charge on any atom is 0.316 e. The first-order valence-electron chi connectivity index (χ1n) is 5.46. The average molecular weight is 275 g/mol. The van der Waals surface area contributed by atoms with Crippen LogP contribution >= 0.6 is 23.4 Å². The van der Waals surface area contributed by atoms with Crippen LogP contribution < -0.4 is 0 Å². The first kappa shape index (κ1) is 14.3. The zero-order valence-electron chi connectivity index (χ0n) is 9.90. The fourth-order valence-corrected chi connectivity index (χ4v) is 2.41. The minimum atomic E-state index is -0.241. The molecule has 17 heavy (non-hydrogen) atoms. The zero-order valence-corrected chi connectivity index (χ0v) is 11.5. The predicted molar refractivity (Wildman–Crippen MR) is 68.4 cm³/mol. The quantitative estimate of drug-likeness (QED) is 0.454. The van der Waals surface area contributed by atoms with E-state index in [1.165, 1.54) is 18.1 Å². The molecule has 0 atom stereocenters. The number of carbonyl (C=O) groups excluding carboxylic acids is 1. The van der Waals surface area contributed by atoms with Crippen LogP contribution in [0.2, 0.25) is 5.15 Å². The summed E-state index contributed by atoms with van der Waals surface area (Å²) in [4.78, 5) is 19.3. The topological polar surface area (TPSA) is 52.1 Å². The van der Waals surface area contributed by atoms with Crippen LogP contribution in [0.3, 0.4) is 0 Å². The van der Waals surface area contributed by atoms with Crippen molar-refractivity contribution in [3.8, 4) is 0 Å². The summed E-state index contributed by atoms with van der Waals surface area (Å²) in [5, 5.41) is 1.23. The molecule has 0 spiro atoms. The van der Waals surface area contributed by atoms with Crippen LogP contribution in [0.15, 0.2) is 11.4 Å². The van der Waals surface area contributed by atoms with E-state index in [1.54, 1.807) is 6.92 Å². The lowest BCUT2D eigenvalue weighted by Gasteiger charge is -2.07. The van der Waals surface area contributed by atoms with Gasteiger partial charge >= 0.3 is 5.97 Å². The Labute approximate surface area is 110 Å². The zero-order chi connectivity index (χ0) is 12.7. The van der Waals surface area contributed by atoms with Crippen molar-refractivity contribution in [2.24, 2.45) is 0 Å². The summed E-state index contributed by atoms with van der Waals surface area (Å²) in [6.07, 6.45) is 3.18. The number of rotatable bonds is 6. The van der Waals surface area contributed by atoms with Crippen LogP contribution in [-0.2, 0) is 16.0 Å². The molecule has 0 fully saturated rings. The normalized spacial score (nSPS) is 10.3. The van der Waals surface area contributed by atoms with Gasteiger partial charge in [-0.05, 0) is 13.3 Å². The molecule has 0 aliphatic heterocycles. The highest BCUT2D eigenvalue weighted by molar-refractivity contribution is 7.99. The number of ether oxygens (including phenoxy) is 1. The monoisotopic (exact) mass is 274 g/mol. The largest absolute Gasteiger partial charge is 0.465 e. The molecule has 1 heterocycles. The van der Waals surface area contributed by atoms with Crippen LogP contribution in [0.25, 0.3) is 0 Å². The van der Waals surface area contributed by atoms with Crippen LogP contribution in [0.4, 0.5) is 0 Å². The van der Waals surface area contributed by atoms with E-state index in [1.807, 2.05) is 0 Å². The predicted octanol–water partition coefficient (Wildman–Crippen LogP) is 2.74. The van der Waals surface area contributed by atoms with Gasteiger partial charge in [0.1, 0.15) is 16.5 Å². The van der Waals surface area contributed by atoms with E-state index in [4.69, 9.17) is 16.3 Å². The minimum absolute atomic E-state index is 0.241. The Morgan fingerprint density at radius 3 is 2.88 bits per heavy atom. The summed E-state index contributed by atoms with van der Waals surface area (Å²) in [5.74, 6) is 0.00688. The molecule has 0 aliphatic carbocycles. The molecule has 0 unspecified atom stereocenters. The van der Waals surface area contributed by atoms with Crippen LogP contribution in [0.5, 0.6) is 0 Å². The number of aromatic nitrogens is 2. The van der Waals surface area contributed by atoms with E-state index in [-0.39, 0.29) is 11.7 Å². The van der Waals surface area contributed by atoms with Gasteiger partial charge in [-0.25, -0.2) is 9.97 Å². The van der Waals surface area contributed by atoms with Crippen molar-refractivity contribution in [2.45, 2.75) is 31.7 Å². The molecule has 1 rings (SSSR count). The van der Waals surface area contributed by atoms with Crippen molar-refractivity contribution in [2.75, 3.05) is 12.4 Å². The third-order valence-electron chi connectivity index (χ3n) is 1.99. The maximum atomic E-state index is 11.3. The maximum absolute atomic E-state index is 11.3. The Kier molecular flexibility index (Phi) is 6.29. The van der Waals surface area contributed by atoms with Gasteiger partial charge in [0.15, 0.2) is 0 Å². The number of halogens is 1. The molecule has 0 radical (unpaired) electrons.